The van der Waals surface area contributed by atoms with Crippen LogP contribution >= 0.6 is 0 Å². The number of fused-ring (bicyclic) bond motifs is 1. The van der Waals surface area contributed by atoms with Crippen LogP contribution in [0.2, 0.25) is 0 Å². The van der Waals surface area contributed by atoms with Gasteiger partial charge in [0.25, 0.3) is 0 Å². The Balaban J connectivity index is 1.22. The van der Waals surface area contributed by atoms with Gasteiger partial charge in [0.1, 0.15) is 0 Å². The van der Waals surface area contributed by atoms with Gasteiger partial charge in [0.05, 0.1) is 51.2 Å². The van der Waals surface area contributed by atoms with Crippen molar-refractivity contribution in [1.29, 1.82) is 0 Å². The molecule has 1 amide bonds. The zero-order valence-electron chi connectivity index (χ0n) is 20.3. The van der Waals surface area contributed by atoms with Crippen molar-refractivity contribution >= 4 is 5.91 Å². The Kier molecular flexibility index (Phi) is 10.2. The Hall–Kier alpha value is -1.55. The van der Waals surface area contributed by atoms with Gasteiger partial charge in [0.2, 0.25) is 5.91 Å². The number of carbonyl (C=O) groups is 1. The predicted octanol–water partition coefficient (Wildman–Crippen LogP) is 1.07. The summed E-state index contributed by atoms with van der Waals surface area (Å²) in [5.41, 5.74) is 1.30. The van der Waals surface area contributed by atoms with Crippen molar-refractivity contribution in [3.8, 4) is 0 Å². The monoisotopic (exact) mass is 475 g/mol. The van der Waals surface area contributed by atoms with Crippen LogP contribution in [-0.4, -0.2) is 111 Å². The number of hydrogen-bond acceptors (Lipinski definition) is 7. The van der Waals surface area contributed by atoms with Gasteiger partial charge in [-0.15, -0.1) is 0 Å². The summed E-state index contributed by atoms with van der Waals surface area (Å²) in [4.78, 5) is 17.3. The molecule has 4 atom stereocenters. The normalized spacial score (nSPS) is 29.1. The van der Waals surface area contributed by atoms with Crippen molar-refractivity contribution in [2.75, 3.05) is 65.7 Å². The Morgan fingerprint density at radius 1 is 1.06 bits per heavy atom. The maximum absolute atomic E-state index is 12.5. The molecule has 1 aromatic rings. The van der Waals surface area contributed by atoms with E-state index < -0.39 is 6.10 Å². The highest BCUT2D eigenvalue weighted by Crippen LogP contribution is 2.28. The summed E-state index contributed by atoms with van der Waals surface area (Å²) in [6, 6.07) is 10.7. The Labute approximate surface area is 203 Å². The summed E-state index contributed by atoms with van der Waals surface area (Å²) in [6.45, 7) is 7.51. The number of nitrogens with zero attached hydrogens (tertiary/aromatic N) is 2. The zero-order valence-corrected chi connectivity index (χ0v) is 20.3. The van der Waals surface area contributed by atoms with Gasteiger partial charge >= 0.3 is 0 Å². The number of hydrogen-bond donors (Lipinski definition) is 2. The molecule has 0 saturated carbocycles. The average Bonchev–Trinajstić information content (AvgIpc) is 2.85. The lowest BCUT2D eigenvalue weighted by atomic mass is 9.94. The molecule has 0 bridgehead atoms. The molecular formula is C26H41N3O5. The number of ether oxygens (including phenoxy) is 3. The lowest BCUT2D eigenvalue weighted by molar-refractivity contribution is -0.156. The summed E-state index contributed by atoms with van der Waals surface area (Å²) in [7, 11) is 0. The molecule has 190 valence electrons. The Bertz CT molecular complexity index is 730. The van der Waals surface area contributed by atoms with Gasteiger partial charge in [-0.1, -0.05) is 30.3 Å². The minimum Gasteiger partial charge on any atom is -0.389 e. The van der Waals surface area contributed by atoms with Crippen LogP contribution in [0.25, 0.3) is 0 Å². The molecule has 3 heterocycles. The molecule has 3 saturated heterocycles. The van der Waals surface area contributed by atoms with Crippen molar-refractivity contribution in [3.05, 3.63) is 35.9 Å². The number of morpholine rings is 1. The van der Waals surface area contributed by atoms with Crippen LogP contribution in [0.3, 0.4) is 0 Å². The van der Waals surface area contributed by atoms with E-state index in [1.54, 1.807) is 0 Å². The average molecular weight is 476 g/mol. The number of nitrogens with one attached hydrogen (secondary N) is 1. The SMILES string of the molecule is O=C(C[C@H]1CC[C@@H]2[C@H](COC[C@H](O)CN2CCc2ccccc2)O1)NCCCN1CCOCC1. The van der Waals surface area contributed by atoms with E-state index >= 15 is 0 Å². The van der Waals surface area contributed by atoms with Crippen LogP contribution in [0.15, 0.2) is 30.3 Å². The molecule has 8 heteroatoms. The van der Waals surface area contributed by atoms with Gasteiger partial charge in [-0.2, -0.15) is 0 Å². The van der Waals surface area contributed by atoms with E-state index in [2.05, 4.69) is 39.4 Å². The number of aliphatic hydroxyl groups excluding tert-OH is 1. The van der Waals surface area contributed by atoms with Crippen molar-refractivity contribution in [2.45, 2.75) is 56.5 Å². The van der Waals surface area contributed by atoms with E-state index in [1.165, 1.54) is 5.56 Å². The van der Waals surface area contributed by atoms with Crippen LogP contribution < -0.4 is 5.32 Å². The molecular weight excluding hydrogens is 434 g/mol. The van der Waals surface area contributed by atoms with E-state index in [1.807, 2.05) is 6.07 Å². The molecule has 0 aliphatic carbocycles. The quantitative estimate of drug-likeness (QED) is 0.517. The highest BCUT2D eigenvalue weighted by molar-refractivity contribution is 5.76. The molecule has 0 radical (unpaired) electrons. The summed E-state index contributed by atoms with van der Waals surface area (Å²) >= 11 is 0. The number of benzene rings is 1. The van der Waals surface area contributed by atoms with Crippen LogP contribution in [0.5, 0.6) is 0 Å². The van der Waals surface area contributed by atoms with Gasteiger partial charge in [-0.05, 0) is 37.8 Å². The Morgan fingerprint density at radius 2 is 1.88 bits per heavy atom. The third kappa shape index (κ3) is 8.00. The summed E-state index contributed by atoms with van der Waals surface area (Å²) in [5, 5.41) is 13.4. The van der Waals surface area contributed by atoms with Crippen molar-refractivity contribution in [2.24, 2.45) is 0 Å². The molecule has 1 aromatic carbocycles. The standard InChI is InChI=1S/C26H41N3O5/c30-22-18-29(12-9-21-5-2-1-3-6-21)24-8-7-23(34-25(24)20-33-19-22)17-26(31)27-10-4-11-28-13-15-32-16-14-28/h1-3,5-6,22-25,30H,4,7-20H2,(H,27,31)/t22-,23-,24-,25+/m1/s1. The highest BCUT2D eigenvalue weighted by atomic mass is 16.5. The molecule has 3 fully saturated rings. The van der Waals surface area contributed by atoms with Gasteiger partial charge in [-0.3, -0.25) is 14.6 Å². The second-order valence-corrected chi connectivity index (χ2v) is 9.72. The van der Waals surface area contributed by atoms with Crippen LogP contribution in [0.4, 0.5) is 0 Å². The molecule has 2 N–H and O–H groups in total. The number of aliphatic hydroxyl groups is 1. The van der Waals surface area contributed by atoms with E-state index in [0.29, 0.717) is 32.7 Å². The first-order valence-corrected chi connectivity index (χ1v) is 12.9. The maximum atomic E-state index is 12.5. The van der Waals surface area contributed by atoms with E-state index in [9.17, 15) is 9.90 Å². The fourth-order valence-electron chi connectivity index (χ4n) is 5.25. The summed E-state index contributed by atoms with van der Waals surface area (Å²) in [5.74, 6) is 0.0635. The largest absolute Gasteiger partial charge is 0.389 e. The molecule has 4 rings (SSSR count). The summed E-state index contributed by atoms with van der Waals surface area (Å²) in [6.07, 6.45) is 3.44. The predicted molar refractivity (Wildman–Crippen MR) is 130 cm³/mol. The van der Waals surface area contributed by atoms with E-state index in [0.717, 1.165) is 65.1 Å². The minimum atomic E-state index is -0.488. The maximum Gasteiger partial charge on any atom is 0.222 e. The van der Waals surface area contributed by atoms with Gasteiger partial charge in [0, 0.05) is 38.8 Å². The highest BCUT2D eigenvalue weighted by Gasteiger charge is 2.37. The minimum absolute atomic E-state index is 0.0635. The second kappa shape index (κ2) is 13.5. The van der Waals surface area contributed by atoms with E-state index in [4.69, 9.17) is 14.2 Å². The Morgan fingerprint density at radius 3 is 2.71 bits per heavy atom. The molecule has 3 aliphatic rings. The third-order valence-corrected chi connectivity index (χ3v) is 7.11. The number of carbonyl (C=O) groups excluding carboxylic acids is 1. The zero-order chi connectivity index (χ0) is 23.6. The van der Waals surface area contributed by atoms with E-state index in [-0.39, 0.29) is 24.2 Å². The number of amides is 1. The molecule has 34 heavy (non-hydrogen) atoms. The number of β-amino-alcohol motifs (C(OH)–C–C–N with tert-alkyl or cyclic N) is 1. The van der Waals surface area contributed by atoms with Gasteiger partial charge in [-0.25, -0.2) is 0 Å². The van der Waals surface area contributed by atoms with Crippen molar-refractivity contribution in [1.82, 2.24) is 15.1 Å². The smallest absolute Gasteiger partial charge is 0.222 e. The first-order valence-electron chi connectivity index (χ1n) is 12.9. The fraction of sp³-hybridized carbons (Fsp3) is 0.731. The first kappa shape index (κ1) is 25.5. The fourth-order valence-corrected chi connectivity index (χ4v) is 5.25. The molecule has 3 aliphatic heterocycles. The van der Waals surface area contributed by atoms with Crippen LogP contribution in [-0.2, 0) is 25.4 Å². The van der Waals surface area contributed by atoms with Gasteiger partial charge in [0.15, 0.2) is 0 Å². The van der Waals surface area contributed by atoms with Gasteiger partial charge < -0.3 is 24.6 Å². The lowest BCUT2D eigenvalue weighted by Crippen LogP contribution is -2.56. The molecule has 0 aromatic heterocycles. The first-order chi connectivity index (χ1) is 16.7. The number of rotatable bonds is 9. The second-order valence-electron chi connectivity index (χ2n) is 9.72. The molecule has 8 nitrogen and oxygen atoms in total. The topological polar surface area (TPSA) is 83.5 Å². The third-order valence-electron chi connectivity index (χ3n) is 7.11. The van der Waals surface area contributed by atoms with Crippen molar-refractivity contribution < 1.29 is 24.1 Å². The van der Waals surface area contributed by atoms with Crippen molar-refractivity contribution in [3.63, 3.8) is 0 Å². The molecule has 0 spiro atoms. The summed E-state index contributed by atoms with van der Waals surface area (Å²) < 4.78 is 17.5. The lowest BCUT2D eigenvalue weighted by Gasteiger charge is -2.44. The molecule has 0 unspecified atom stereocenters. The van der Waals surface area contributed by atoms with Crippen LogP contribution in [0, 0.1) is 0 Å². The van der Waals surface area contributed by atoms with Crippen LogP contribution in [0.1, 0.15) is 31.2 Å².